The summed E-state index contributed by atoms with van der Waals surface area (Å²) in [4.78, 5) is 23.9. The molecular weight excluding hydrogens is 192 g/mol. The van der Waals surface area contributed by atoms with Crippen molar-refractivity contribution in [2.24, 2.45) is 0 Å². The molecule has 2 rings (SSSR count). The van der Waals surface area contributed by atoms with Crippen molar-refractivity contribution in [3.63, 3.8) is 0 Å². The van der Waals surface area contributed by atoms with Crippen LogP contribution >= 0.6 is 0 Å². The van der Waals surface area contributed by atoms with Crippen molar-refractivity contribution in [2.75, 3.05) is 0 Å². The highest BCUT2D eigenvalue weighted by molar-refractivity contribution is 5.71. The van der Waals surface area contributed by atoms with Gasteiger partial charge in [-0.15, -0.1) is 0 Å². The van der Waals surface area contributed by atoms with Crippen LogP contribution in [0.2, 0.25) is 0 Å². The van der Waals surface area contributed by atoms with Crippen LogP contribution < -0.4 is 5.56 Å². The maximum Gasteiger partial charge on any atom is 0.264 e. The second-order valence-electron chi connectivity index (χ2n) is 4.35. The first kappa shape index (κ1) is 9.76. The first-order valence-corrected chi connectivity index (χ1v) is 4.68. The van der Waals surface area contributed by atoms with Crippen molar-refractivity contribution in [3.05, 3.63) is 29.2 Å². The van der Waals surface area contributed by atoms with Gasteiger partial charge in [0.05, 0.1) is 0 Å². The van der Waals surface area contributed by atoms with Crippen LogP contribution in [-0.2, 0) is 5.54 Å². The van der Waals surface area contributed by atoms with E-state index in [-0.39, 0.29) is 11.1 Å². The van der Waals surface area contributed by atoms with Crippen LogP contribution in [0.4, 0.5) is 0 Å². The minimum absolute atomic E-state index is 0.104. The van der Waals surface area contributed by atoms with Crippen LogP contribution in [0.15, 0.2) is 23.6 Å². The van der Waals surface area contributed by atoms with Gasteiger partial charge in [0.25, 0.3) is 5.56 Å². The summed E-state index contributed by atoms with van der Waals surface area (Å²) in [5.74, 6) is 0. The summed E-state index contributed by atoms with van der Waals surface area (Å²) in [7, 11) is 0. The van der Waals surface area contributed by atoms with E-state index in [1.807, 2.05) is 20.8 Å². The summed E-state index contributed by atoms with van der Waals surface area (Å²) in [6.07, 6.45) is 4.41. The molecule has 0 saturated heterocycles. The van der Waals surface area contributed by atoms with E-state index < -0.39 is 0 Å². The molecular formula is C10H12N4O. The SMILES string of the molecule is CC(C)(C)n1cnc2ncncc2c1=O. The average molecular weight is 204 g/mol. The van der Waals surface area contributed by atoms with Crippen molar-refractivity contribution < 1.29 is 0 Å². The lowest BCUT2D eigenvalue weighted by Gasteiger charge is -2.21. The number of aromatic nitrogens is 4. The molecule has 0 fully saturated rings. The van der Waals surface area contributed by atoms with Crippen LogP contribution in [0.25, 0.3) is 11.0 Å². The van der Waals surface area contributed by atoms with Crippen LogP contribution in [0.5, 0.6) is 0 Å². The molecule has 15 heavy (non-hydrogen) atoms. The predicted octanol–water partition coefficient (Wildman–Crippen LogP) is 0.941. The van der Waals surface area contributed by atoms with Gasteiger partial charge in [-0.3, -0.25) is 9.36 Å². The van der Waals surface area contributed by atoms with Gasteiger partial charge in [-0.2, -0.15) is 0 Å². The van der Waals surface area contributed by atoms with Gasteiger partial charge < -0.3 is 0 Å². The summed E-state index contributed by atoms with van der Waals surface area (Å²) in [6.45, 7) is 5.85. The van der Waals surface area contributed by atoms with Crippen molar-refractivity contribution >= 4 is 11.0 Å². The lowest BCUT2D eigenvalue weighted by molar-refractivity contribution is 0.381. The number of nitrogens with zero attached hydrogens (tertiary/aromatic N) is 4. The Bertz CT molecular complexity index is 553. The molecule has 0 saturated carbocycles. The Morgan fingerprint density at radius 3 is 2.67 bits per heavy atom. The minimum atomic E-state index is -0.284. The fraction of sp³-hybridized carbons (Fsp3) is 0.400. The van der Waals surface area contributed by atoms with Gasteiger partial charge in [0, 0.05) is 11.7 Å². The van der Waals surface area contributed by atoms with E-state index in [0.29, 0.717) is 11.0 Å². The maximum absolute atomic E-state index is 12.0. The number of hydrogen-bond donors (Lipinski definition) is 0. The lowest BCUT2D eigenvalue weighted by atomic mass is 10.1. The predicted molar refractivity (Wildman–Crippen MR) is 56.6 cm³/mol. The number of fused-ring (bicyclic) bond motifs is 1. The zero-order chi connectivity index (χ0) is 11.1. The monoisotopic (exact) mass is 204 g/mol. The molecule has 5 nitrogen and oxygen atoms in total. The first-order chi connectivity index (χ1) is 7.00. The Hall–Kier alpha value is -1.78. The second kappa shape index (κ2) is 3.12. The zero-order valence-corrected chi connectivity index (χ0v) is 8.93. The quantitative estimate of drug-likeness (QED) is 0.640. The van der Waals surface area contributed by atoms with Gasteiger partial charge in [0.15, 0.2) is 5.65 Å². The molecule has 2 heterocycles. The van der Waals surface area contributed by atoms with E-state index in [1.165, 1.54) is 18.9 Å². The second-order valence-corrected chi connectivity index (χ2v) is 4.35. The molecule has 0 aliphatic carbocycles. The topological polar surface area (TPSA) is 60.7 Å². The van der Waals surface area contributed by atoms with E-state index in [0.717, 1.165) is 0 Å². The van der Waals surface area contributed by atoms with Gasteiger partial charge in [-0.05, 0) is 20.8 Å². The number of rotatable bonds is 0. The van der Waals surface area contributed by atoms with Gasteiger partial charge in [-0.25, -0.2) is 15.0 Å². The van der Waals surface area contributed by atoms with Gasteiger partial charge in [-0.1, -0.05) is 0 Å². The molecule has 5 heteroatoms. The van der Waals surface area contributed by atoms with Crippen molar-refractivity contribution in [2.45, 2.75) is 26.3 Å². The standard InChI is InChI=1S/C10H12N4O/c1-10(2,3)14-6-13-8-7(9(14)15)4-11-5-12-8/h4-6H,1-3H3. The third-order valence-corrected chi connectivity index (χ3v) is 2.16. The Kier molecular flexibility index (Phi) is 2.03. The van der Waals surface area contributed by atoms with Crippen molar-refractivity contribution in [1.82, 2.24) is 19.5 Å². The lowest BCUT2D eigenvalue weighted by Crippen LogP contribution is -2.34. The van der Waals surface area contributed by atoms with Crippen LogP contribution in [0, 0.1) is 0 Å². The molecule has 2 aromatic rings. The van der Waals surface area contributed by atoms with E-state index in [4.69, 9.17) is 0 Å². The Balaban J connectivity index is 2.83. The summed E-state index contributed by atoms with van der Waals surface area (Å²) < 4.78 is 1.58. The van der Waals surface area contributed by atoms with E-state index in [1.54, 1.807) is 4.57 Å². The molecule has 0 bridgehead atoms. The van der Waals surface area contributed by atoms with Crippen LogP contribution in [-0.4, -0.2) is 19.5 Å². The zero-order valence-electron chi connectivity index (χ0n) is 8.93. The Labute approximate surface area is 86.8 Å². The van der Waals surface area contributed by atoms with E-state index in [9.17, 15) is 4.79 Å². The van der Waals surface area contributed by atoms with Gasteiger partial charge in [0.2, 0.25) is 0 Å². The molecule has 0 aliphatic rings. The summed E-state index contributed by atoms with van der Waals surface area (Å²) in [6, 6.07) is 0. The summed E-state index contributed by atoms with van der Waals surface area (Å²) in [5.41, 5.74) is 0.0531. The van der Waals surface area contributed by atoms with Crippen LogP contribution in [0.1, 0.15) is 20.8 Å². The smallest absolute Gasteiger partial charge is 0.264 e. The molecule has 0 N–H and O–H groups in total. The highest BCUT2D eigenvalue weighted by atomic mass is 16.1. The van der Waals surface area contributed by atoms with Gasteiger partial charge >= 0.3 is 0 Å². The third-order valence-electron chi connectivity index (χ3n) is 2.16. The largest absolute Gasteiger partial charge is 0.293 e. The van der Waals surface area contributed by atoms with Gasteiger partial charge in [0.1, 0.15) is 18.0 Å². The average Bonchev–Trinajstić information content (AvgIpc) is 2.16. The fourth-order valence-corrected chi connectivity index (χ4v) is 1.35. The molecule has 0 aromatic carbocycles. The number of hydrogen-bond acceptors (Lipinski definition) is 4. The molecule has 0 spiro atoms. The normalized spacial score (nSPS) is 11.9. The van der Waals surface area contributed by atoms with E-state index in [2.05, 4.69) is 15.0 Å². The Morgan fingerprint density at radius 1 is 1.27 bits per heavy atom. The molecule has 0 unspecified atom stereocenters. The molecule has 0 atom stereocenters. The molecule has 78 valence electrons. The minimum Gasteiger partial charge on any atom is -0.293 e. The van der Waals surface area contributed by atoms with E-state index >= 15 is 0 Å². The first-order valence-electron chi connectivity index (χ1n) is 4.68. The highest BCUT2D eigenvalue weighted by Crippen LogP contribution is 2.11. The van der Waals surface area contributed by atoms with Crippen molar-refractivity contribution in [3.8, 4) is 0 Å². The molecule has 0 amide bonds. The Morgan fingerprint density at radius 2 is 2.00 bits per heavy atom. The van der Waals surface area contributed by atoms with Crippen molar-refractivity contribution in [1.29, 1.82) is 0 Å². The third kappa shape index (κ3) is 1.60. The molecule has 0 aliphatic heterocycles. The molecule has 2 aromatic heterocycles. The maximum atomic E-state index is 12.0. The summed E-state index contributed by atoms with van der Waals surface area (Å²) >= 11 is 0. The fourth-order valence-electron chi connectivity index (χ4n) is 1.35. The highest BCUT2D eigenvalue weighted by Gasteiger charge is 2.16. The molecule has 0 radical (unpaired) electrons. The van der Waals surface area contributed by atoms with Crippen LogP contribution in [0.3, 0.4) is 0 Å². The summed E-state index contributed by atoms with van der Waals surface area (Å²) in [5, 5.41) is 0.454.